The van der Waals surface area contributed by atoms with Gasteiger partial charge in [-0.15, -0.1) is 0 Å². The molecule has 7 aromatic rings. The Balaban J connectivity index is 1.21. The van der Waals surface area contributed by atoms with Gasteiger partial charge in [0, 0.05) is 51.0 Å². The molecule has 4 heteroatoms. The van der Waals surface area contributed by atoms with Crippen molar-refractivity contribution in [2.75, 3.05) is 5.32 Å². The second-order valence-electron chi connectivity index (χ2n) is 12.7. The molecule has 4 nitrogen and oxygen atoms in total. The van der Waals surface area contributed by atoms with Crippen LogP contribution < -0.4 is 14.8 Å². The summed E-state index contributed by atoms with van der Waals surface area (Å²) in [5.74, 6) is 3.00. The maximum absolute atomic E-state index is 6.95. The number of hydrogen-bond donors (Lipinski definition) is 1. The van der Waals surface area contributed by atoms with Crippen molar-refractivity contribution in [3.63, 3.8) is 0 Å². The van der Waals surface area contributed by atoms with Crippen LogP contribution in [0.5, 0.6) is 23.0 Å². The Labute approximate surface area is 298 Å². The van der Waals surface area contributed by atoms with E-state index < -0.39 is 0 Å². The molecule has 0 saturated carbocycles. The van der Waals surface area contributed by atoms with Gasteiger partial charge in [0.1, 0.15) is 23.0 Å². The largest absolute Gasteiger partial charge is 0.456 e. The molecular weight excluding hydrogens is 625 g/mol. The van der Waals surface area contributed by atoms with E-state index in [1.807, 2.05) is 60.8 Å². The Morgan fingerprint density at radius 2 is 1.04 bits per heavy atom. The zero-order valence-electron chi connectivity index (χ0n) is 27.9. The highest BCUT2D eigenvalue weighted by Crippen LogP contribution is 2.48. The van der Waals surface area contributed by atoms with E-state index in [-0.39, 0.29) is 0 Å². The third-order valence-corrected chi connectivity index (χ3v) is 9.43. The van der Waals surface area contributed by atoms with Gasteiger partial charge in [0.2, 0.25) is 0 Å². The van der Waals surface area contributed by atoms with E-state index in [4.69, 9.17) is 9.47 Å². The third kappa shape index (κ3) is 6.09. The third-order valence-electron chi connectivity index (χ3n) is 9.43. The maximum atomic E-state index is 6.95. The molecule has 9 rings (SSSR count). The summed E-state index contributed by atoms with van der Waals surface area (Å²) >= 11 is 0. The van der Waals surface area contributed by atoms with Gasteiger partial charge in [0.05, 0.1) is 5.69 Å². The number of hydrogen-bond acceptors (Lipinski definition) is 4. The van der Waals surface area contributed by atoms with Gasteiger partial charge < -0.3 is 14.8 Å². The molecule has 2 heterocycles. The number of nitrogens with zero attached hydrogens (tertiary/aromatic N) is 1. The van der Waals surface area contributed by atoms with Crippen LogP contribution in [-0.4, -0.2) is 4.98 Å². The number of anilines is 1. The number of pyridine rings is 1. The van der Waals surface area contributed by atoms with Crippen LogP contribution in [0.4, 0.5) is 5.69 Å². The molecule has 0 atom stereocenters. The predicted molar refractivity (Wildman–Crippen MR) is 208 cm³/mol. The standard InChI is InChI=1S/C47H34N2O2/c1-3-13-32(14-4-1)37-25-22-33(29-43(37)49-36-15-5-2-6-16-36)34-23-26-40-41-27-24-35(42-19-11-12-28-48-42)31-47(41)51-45-21-10-8-18-39(45)38-17-7-9-20-44(38)50-46(40)30-34/h1,3-5,7-31,49H,2,6H2. The Kier molecular flexibility index (Phi) is 7.95. The lowest BCUT2D eigenvalue weighted by molar-refractivity contribution is 0.472. The quantitative estimate of drug-likeness (QED) is 0.200. The summed E-state index contributed by atoms with van der Waals surface area (Å²) in [6, 6.07) is 52.2. The Bertz CT molecular complexity index is 2450. The summed E-state index contributed by atoms with van der Waals surface area (Å²) in [6.45, 7) is 0. The molecular formula is C47H34N2O2. The predicted octanol–water partition coefficient (Wildman–Crippen LogP) is 13.0. The minimum absolute atomic E-state index is 0.732. The van der Waals surface area contributed by atoms with E-state index in [0.717, 1.165) is 97.4 Å². The summed E-state index contributed by atoms with van der Waals surface area (Å²) in [4.78, 5) is 4.61. The minimum atomic E-state index is 0.732. The molecule has 0 unspecified atom stereocenters. The fraction of sp³-hybridized carbons (Fsp3) is 0.0426. The number of fused-ring (bicyclic) bond motifs is 6. The van der Waals surface area contributed by atoms with Crippen molar-refractivity contribution in [3.05, 3.63) is 182 Å². The van der Waals surface area contributed by atoms with Crippen molar-refractivity contribution in [3.8, 4) is 78.8 Å². The number of para-hydroxylation sites is 2. The molecule has 2 aliphatic rings. The lowest BCUT2D eigenvalue weighted by Crippen LogP contribution is -2.01. The number of rotatable bonds is 5. The lowest BCUT2D eigenvalue weighted by atomic mass is 9.94. The Morgan fingerprint density at radius 3 is 1.71 bits per heavy atom. The van der Waals surface area contributed by atoms with E-state index in [0.29, 0.717) is 0 Å². The summed E-state index contributed by atoms with van der Waals surface area (Å²) in [5, 5.41) is 3.73. The van der Waals surface area contributed by atoms with E-state index in [2.05, 4.69) is 126 Å². The number of allylic oxidation sites excluding steroid dienone is 3. The Morgan fingerprint density at radius 1 is 0.451 bits per heavy atom. The fourth-order valence-electron chi connectivity index (χ4n) is 6.88. The van der Waals surface area contributed by atoms with Gasteiger partial charge in [-0.25, -0.2) is 0 Å². The van der Waals surface area contributed by atoms with Gasteiger partial charge in [-0.1, -0.05) is 109 Å². The zero-order chi connectivity index (χ0) is 34.0. The zero-order valence-corrected chi connectivity index (χ0v) is 27.9. The van der Waals surface area contributed by atoms with Crippen molar-refractivity contribution in [2.24, 2.45) is 0 Å². The topological polar surface area (TPSA) is 43.4 Å². The summed E-state index contributed by atoms with van der Waals surface area (Å²) in [7, 11) is 0. The first kappa shape index (κ1) is 30.4. The van der Waals surface area contributed by atoms with Gasteiger partial charge >= 0.3 is 0 Å². The fourth-order valence-corrected chi connectivity index (χ4v) is 6.88. The molecule has 0 radical (unpaired) electrons. The first-order chi connectivity index (χ1) is 25.3. The van der Waals surface area contributed by atoms with Crippen LogP contribution in [0.25, 0.3) is 55.8 Å². The summed E-state index contributed by atoms with van der Waals surface area (Å²) < 4.78 is 13.8. The highest BCUT2D eigenvalue weighted by Gasteiger charge is 2.22. The molecule has 51 heavy (non-hydrogen) atoms. The SMILES string of the molecule is C1=CC(Nc2cc(-c3ccc4c(c3)Oc3ccccc3-c3ccccc3Oc3cc(-c5ccccn5)ccc3-4)ccc2-c2ccccc2)=CCC1. The first-order valence-corrected chi connectivity index (χ1v) is 17.3. The summed E-state index contributed by atoms with van der Waals surface area (Å²) in [6.07, 6.45) is 10.6. The molecule has 1 aliphatic heterocycles. The second-order valence-corrected chi connectivity index (χ2v) is 12.7. The van der Waals surface area contributed by atoms with Crippen LogP contribution in [0, 0.1) is 0 Å². The maximum Gasteiger partial charge on any atom is 0.136 e. The number of benzene rings is 6. The van der Waals surface area contributed by atoms with E-state index >= 15 is 0 Å². The van der Waals surface area contributed by atoms with Gasteiger partial charge in [-0.05, 0) is 90.2 Å². The molecule has 6 aromatic carbocycles. The number of aromatic nitrogens is 1. The first-order valence-electron chi connectivity index (χ1n) is 17.3. The molecule has 0 fully saturated rings. The molecule has 244 valence electrons. The van der Waals surface area contributed by atoms with Crippen LogP contribution in [0.3, 0.4) is 0 Å². The smallest absolute Gasteiger partial charge is 0.136 e. The van der Waals surface area contributed by atoms with Gasteiger partial charge in [0.25, 0.3) is 0 Å². The average Bonchev–Trinajstić information content (AvgIpc) is 3.19. The van der Waals surface area contributed by atoms with Crippen LogP contribution in [-0.2, 0) is 0 Å². The summed E-state index contributed by atoms with van der Waals surface area (Å²) in [5.41, 5.74) is 12.3. The van der Waals surface area contributed by atoms with E-state index in [1.165, 1.54) is 5.56 Å². The van der Waals surface area contributed by atoms with Gasteiger partial charge in [-0.3, -0.25) is 4.98 Å². The van der Waals surface area contributed by atoms with Gasteiger partial charge in [-0.2, -0.15) is 0 Å². The molecule has 1 aromatic heterocycles. The molecule has 0 spiro atoms. The molecule has 1 N–H and O–H groups in total. The number of nitrogens with one attached hydrogen (secondary N) is 1. The van der Waals surface area contributed by atoms with E-state index in [9.17, 15) is 0 Å². The lowest BCUT2D eigenvalue weighted by Gasteiger charge is -2.22. The number of ether oxygens (including phenoxy) is 2. The van der Waals surface area contributed by atoms with Crippen molar-refractivity contribution in [1.29, 1.82) is 0 Å². The van der Waals surface area contributed by atoms with Crippen molar-refractivity contribution in [2.45, 2.75) is 12.8 Å². The Hall–Kier alpha value is -6.65. The monoisotopic (exact) mass is 658 g/mol. The minimum Gasteiger partial charge on any atom is -0.456 e. The van der Waals surface area contributed by atoms with Crippen LogP contribution in [0.15, 0.2) is 182 Å². The highest BCUT2D eigenvalue weighted by molar-refractivity contribution is 5.87. The van der Waals surface area contributed by atoms with Crippen molar-refractivity contribution < 1.29 is 9.47 Å². The van der Waals surface area contributed by atoms with Crippen molar-refractivity contribution >= 4 is 5.69 Å². The van der Waals surface area contributed by atoms with Crippen LogP contribution in [0.2, 0.25) is 0 Å². The van der Waals surface area contributed by atoms with E-state index in [1.54, 1.807) is 0 Å². The van der Waals surface area contributed by atoms with Crippen LogP contribution in [0.1, 0.15) is 12.8 Å². The van der Waals surface area contributed by atoms with Crippen molar-refractivity contribution in [1.82, 2.24) is 4.98 Å². The average molecular weight is 659 g/mol. The molecule has 0 amide bonds. The normalized spacial score (nSPS) is 12.9. The van der Waals surface area contributed by atoms with Crippen LogP contribution >= 0.6 is 0 Å². The molecule has 0 bridgehead atoms. The highest BCUT2D eigenvalue weighted by atomic mass is 16.5. The second kappa shape index (κ2) is 13.3. The van der Waals surface area contributed by atoms with Gasteiger partial charge in [0.15, 0.2) is 0 Å². The molecule has 0 saturated heterocycles. The molecule has 1 aliphatic carbocycles.